The number of rotatable bonds is 4. The first-order valence-corrected chi connectivity index (χ1v) is 5.57. The molecule has 0 aliphatic heterocycles. The van der Waals surface area contributed by atoms with E-state index in [9.17, 15) is 4.79 Å². The molecular formula is C11H20N4O. The van der Waals surface area contributed by atoms with Crippen LogP contribution in [0.1, 0.15) is 42.9 Å². The minimum absolute atomic E-state index is 0.151. The van der Waals surface area contributed by atoms with Gasteiger partial charge in [-0.2, -0.15) is 5.10 Å². The van der Waals surface area contributed by atoms with Crippen LogP contribution in [0.2, 0.25) is 0 Å². The molecular weight excluding hydrogens is 204 g/mol. The second kappa shape index (κ2) is 5.01. The highest BCUT2D eigenvalue weighted by molar-refractivity contribution is 5.98. The predicted octanol–water partition coefficient (Wildman–Crippen LogP) is 1.23. The summed E-state index contributed by atoms with van der Waals surface area (Å²) in [6.45, 7) is 5.87. The maximum absolute atomic E-state index is 11.9. The molecule has 90 valence electrons. The number of aryl methyl sites for hydroxylation is 2. The molecule has 0 spiro atoms. The standard InChI is InChI=1S/C11H20N4O/c1-5-6-7(2)13-11(16)10-9(12)8(3)14-15(10)4/h7H,5-6,12H2,1-4H3,(H,13,16). The fraction of sp³-hybridized carbons (Fsp3) is 0.636. The van der Waals surface area contributed by atoms with E-state index in [1.54, 1.807) is 14.0 Å². The summed E-state index contributed by atoms with van der Waals surface area (Å²) >= 11 is 0. The number of anilines is 1. The number of hydrogen-bond acceptors (Lipinski definition) is 3. The maximum atomic E-state index is 11.9. The van der Waals surface area contributed by atoms with Crippen molar-refractivity contribution in [3.05, 3.63) is 11.4 Å². The molecule has 1 rings (SSSR count). The third-order valence-electron chi connectivity index (χ3n) is 2.58. The second-order valence-corrected chi connectivity index (χ2v) is 4.13. The molecule has 0 aliphatic rings. The summed E-state index contributed by atoms with van der Waals surface area (Å²) in [6, 6.07) is 0.159. The molecule has 1 atom stereocenters. The minimum atomic E-state index is -0.151. The van der Waals surface area contributed by atoms with Crippen molar-refractivity contribution in [3.8, 4) is 0 Å². The van der Waals surface area contributed by atoms with Crippen LogP contribution < -0.4 is 11.1 Å². The van der Waals surface area contributed by atoms with Gasteiger partial charge in [0.05, 0.1) is 11.4 Å². The SMILES string of the molecule is CCCC(C)NC(=O)c1c(N)c(C)nn1C. The molecule has 3 N–H and O–H groups in total. The van der Waals surface area contributed by atoms with Gasteiger partial charge in [0.2, 0.25) is 0 Å². The van der Waals surface area contributed by atoms with Crippen LogP contribution in [0.15, 0.2) is 0 Å². The van der Waals surface area contributed by atoms with Gasteiger partial charge in [-0.3, -0.25) is 9.48 Å². The lowest BCUT2D eigenvalue weighted by Crippen LogP contribution is -2.34. The van der Waals surface area contributed by atoms with Crippen LogP contribution >= 0.6 is 0 Å². The zero-order chi connectivity index (χ0) is 12.3. The van der Waals surface area contributed by atoms with Gasteiger partial charge in [-0.15, -0.1) is 0 Å². The predicted molar refractivity (Wildman–Crippen MR) is 64.2 cm³/mol. The van der Waals surface area contributed by atoms with Crippen LogP contribution in [-0.4, -0.2) is 21.7 Å². The Morgan fingerprint density at radius 1 is 1.62 bits per heavy atom. The molecule has 0 bridgehead atoms. The highest BCUT2D eigenvalue weighted by atomic mass is 16.2. The van der Waals surface area contributed by atoms with Gasteiger partial charge < -0.3 is 11.1 Å². The Hall–Kier alpha value is -1.52. The molecule has 16 heavy (non-hydrogen) atoms. The zero-order valence-electron chi connectivity index (χ0n) is 10.4. The van der Waals surface area contributed by atoms with Gasteiger partial charge >= 0.3 is 0 Å². The first-order valence-electron chi connectivity index (χ1n) is 5.57. The maximum Gasteiger partial charge on any atom is 0.271 e. The van der Waals surface area contributed by atoms with Gasteiger partial charge in [0.15, 0.2) is 0 Å². The molecule has 0 aliphatic carbocycles. The molecule has 0 aromatic carbocycles. The molecule has 1 heterocycles. The van der Waals surface area contributed by atoms with Gasteiger partial charge in [-0.05, 0) is 20.3 Å². The molecule has 0 saturated carbocycles. The van der Waals surface area contributed by atoms with Crippen molar-refractivity contribution < 1.29 is 4.79 Å². The Kier molecular flexibility index (Phi) is 3.93. The molecule has 1 aromatic rings. The highest BCUT2D eigenvalue weighted by Gasteiger charge is 2.18. The monoisotopic (exact) mass is 224 g/mol. The molecule has 1 amide bonds. The van der Waals surface area contributed by atoms with Gasteiger partial charge in [0.25, 0.3) is 5.91 Å². The molecule has 0 saturated heterocycles. The fourth-order valence-corrected chi connectivity index (χ4v) is 1.74. The molecule has 1 aromatic heterocycles. The Morgan fingerprint density at radius 3 is 2.69 bits per heavy atom. The summed E-state index contributed by atoms with van der Waals surface area (Å²) in [7, 11) is 1.72. The van der Waals surface area contributed by atoms with Crippen molar-refractivity contribution in [1.29, 1.82) is 0 Å². The van der Waals surface area contributed by atoms with E-state index in [-0.39, 0.29) is 11.9 Å². The molecule has 0 fully saturated rings. The van der Waals surface area contributed by atoms with Crippen molar-refractivity contribution in [2.75, 3.05) is 5.73 Å². The van der Waals surface area contributed by atoms with Crippen molar-refractivity contribution in [2.45, 2.75) is 39.7 Å². The van der Waals surface area contributed by atoms with Gasteiger partial charge in [0.1, 0.15) is 5.69 Å². The van der Waals surface area contributed by atoms with Crippen LogP contribution in [0.3, 0.4) is 0 Å². The van der Waals surface area contributed by atoms with Crippen LogP contribution in [0.5, 0.6) is 0 Å². The van der Waals surface area contributed by atoms with E-state index >= 15 is 0 Å². The Labute approximate surface area is 96.0 Å². The summed E-state index contributed by atoms with van der Waals surface area (Å²) in [5, 5.41) is 7.03. The Balaban J connectivity index is 2.80. The smallest absolute Gasteiger partial charge is 0.271 e. The molecule has 5 heteroatoms. The van der Waals surface area contributed by atoms with Crippen molar-refractivity contribution in [1.82, 2.24) is 15.1 Å². The summed E-state index contributed by atoms with van der Waals surface area (Å²) in [6.07, 6.45) is 2.00. The van der Waals surface area contributed by atoms with E-state index in [1.165, 1.54) is 4.68 Å². The first-order chi connectivity index (χ1) is 7.47. The highest BCUT2D eigenvalue weighted by Crippen LogP contribution is 2.15. The van der Waals surface area contributed by atoms with Crippen LogP contribution in [0.25, 0.3) is 0 Å². The quantitative estimate of drug-likeness (QED) is 0.808. The second-order valence-electron chi connectivity index (χ2n) is 4.13. The number of nitrogens with two attached hydrogens (primary N) is 1. The van der Waals surface area contributed by atoms with Gasteiger partial charge in [0, 0.05) is 13.1 Å². The number of nitrogen functional groups attached to an aromatic ring is 1. The number of carbonyl (C=O) groups excluding carboxylic acids is 1. The lowest BCUT2D eigenvalue weighted by Gasteiger charge is -2.12. The average Bonchev–Trinajstić information content (AvgIpc) is 2.41. The summed E-state index contributed by atoms with van der Waals surface area (Å²) in [5.74, 6) is -0.151. The summed E-state index contributed by atoms with van der Waals surface area (Å²) < 4.78 is 1.53. The van der Waals surface area contributed by atoms with E-state index in [0.29, 0.717) is 17.1 Å². The molecule has 1 unspecified atom stereocenters. The third kappa shape index (κ3) is 2.53. The van der Waals surface area contributed by atoms with Crippen LogP contribution in [0, 0.1) is 6.92 Å². The normalized spacial score (nSPS) is 12.5. The van der Waals surface area contributed by atoms with Crippen molar-refractivity contribution >= 4 is 11.6 Å². The van der Waals surface area contributed by atoms with Crippen molar-refractivity contribution in [2.24, 2.45) is 7.05 Å². The summed E-state index contributed by atoms with van der Waals surface area (Å²) in [4.78, 5) is 11.9. The lowest BCUT2D eigenvalue weighted by atomic mass is 10.2. The number of nitrogens with one attached hydrogen (secondary N) is 1. The number of aromatic nitrogens is 2. The number of hydrogen-bond donors (Lipinski definition) is 2. The van der Waals surface area contributed by atoms with Gasteiger partial charge in [-0.1, -0.05) is 13.3 Å². The zero-order valence-corrected chi connectivity index (χ0v) is 10.4. The van der Waals surface area contributed by atoms with Crippen LogP contribution in [-0.2, 0) is 7.05 Å². The Morgan fingerprint density at radius 2 is 2.25 bits per heavy atom. The van der Waals surface area contributed by atoms with Crippen LogP contribution in [0.4, 0.5) is 5.69 Å². The van der Waals surface area contributed by atoms with E-state index in [4.69, 9.17) is 5.73 Å². The van der Waals surface area contributed by atoms with E-state index in [0.717, 1.165) is 12.8 Å². The van der Waals surface area contributed by atoms with Gasteiger partial charge in [-0.25, -0.2) is 0 Å². The average molecular weight is 224 g/mol. The van der Waals surface area contributed by atoms with Crippen molar-refractivity contribution in [3.63, 3.8) is 0 Å². The van der Waals surface area contributed by atoms with E-state index in [2.05, 4.69) is 17.3 Å². The first kappa shape index (κ1) is 12.5. The topological polar surface area (TPSA) is 72.9 Å². The Bertz CT molecular complexity index is 384. The van der Waals surface area contributed by atoms with E-state index < -0.39 is 0 Å². The largest absolute Gasteiger partial charge is 0.395 e. The van der Waals surface area contributed by atoms with E-state index in [1.807, 2.05) is 6.92 Å². The lowest BCUT2D eigenvalue weighted by molar-refractivity contribution is 0.0930. The number of nitrogens with zero attached hydrogens (tertiary/aromatic N) is 2. The third-order valence-corrected chi connectivity index (χ3v) is 2.58. The number of amides is 1. The molecule has 0 radical (unpaired) electrons. The fourth-order valence-electron chi connectivity index (χ4n) is 1.74. The molecule has 5 nitrogen and oxygen atoms in total. The minimum Gasteiger partial charge on any atom is -0.395 e. The number of carbonyl (C=O) groups is 1. The summed E-state index contributed by atoms with van der Waals surface area (Å²) in [5.41, 5.74) is 7.41.